The zero-order valence-electron chi connectivity index (χ0n) is 16.2. The largest absolute Gasteiger partial charge is 0.343 e. The topological polar surface area (TPSA) is 50.2 Å². The van der Waals surface area contributed by atoms with Gasteiger partial charge in [0.25, 0.3) is 5.91 Å². The number of benzene rings is 1. The number of hydrogen-bond acceptors (Lipinski definition) is 3. The standard InChI is InChI=1S/C21H30N4O/c1-4-5-13-22-17-11-12-19-18(14-17)20(21(26)24(2)3)23-25(19)15-16-9-7-6-8-10-16/h6-10,17,22H,4-5,11-15H2,1-3H3. The molecule has 0 radical (unpaired) electrons. The second-order valence-corrected chi connectivity index (χ2v) is 7.36. The minimum atomic E-state index is 0.00210. The average Bonchev–Trinajstić information content (AvgIpc) is 3.00. The van der Waals surface area contributed by atoms with Crippen LogP contribution in [-0.4, -0.2) is 47.3 Å². The highest BCUT2D eigenvalue weighted by atomic mass is 16.2. The number of hydrogen-bond donors (Lipinski definition) is 1. The summed E-state index contributed by atoms with van der Waals surface area (Å²) in [6.45, 7) is 3.98. The molecule has 1 unspecified atom stereocenters. The molecule has 5 nitrogen and oxygen atoms in total. The summed E-state index contributed by atoms with van der Waals surface area (Å²) < 4.78 is 2.05. The number of aromatic nitrogens is 2. The number of fused-ring (bicyclic) bond motifs is 1. The highest BCUT2D eigenvalue weighted by Crippen LogP contribution is 2.26. The molecule has 1 amide bonds. The summed E-state index contributed by atoms with van der Waals surface area (Å²) in [7, 11) is 3.59. The van der Waals surface area contributed by atoms with Crippen molar-refractivity contribution in [1.82, 2.24) is 20.0 Å². The normalized spacial score (nSPS) is 16.3. The molecule has 1 heterocycles. The van der Waals surface area contributed by atoms with Crippen molar-refractivity contribution < 1.29 is 4.79 Å². The van der Waals surface area contributed by atoms with Gasteiger partial charge in [-0.3, -0.25) is 9.48 Å². The molecule has 5 heteroatoms. The smallest absolute Gasteiger partial charge is 0.274 e. The Morgan fingerprint density at radius 2 is 2.08 bits per heavy atom. The molecule has 2 aromatic rings. The van der Waals surface area contributed by atoms with Gasteiger partial charge in [0, 0.05) is 31.4 Å². The number of carbonyl (C=O) groups is 1. The zero-order chi connectivity index (χ0) is 18.5. The van der Waals surface area contributed by atoms with Crippen LogP contribution in [0.3, 0.4) is 0 Å². The predicted octanol–water partition coefficient (Wildman–Crippen LogP) is 2.88. The van der Waals surface area contributed by atoms with Gasteiger partial charge in [-0.25, -0.2) is 0 Å². The maximum absolute atomic E-state index is 12.7. The number of nitrogens with zero attached hydrogens (tertiary/aromatic N) is 3. The van der Waals surface area contributed by atoms with Crippen LogP contribution in [0.4, 0.5) is 0 Å². The van der Waals surface area contributed by atoms with Gasteiger partial charge in [0.1, 0.15) is 0 Å². The predicted molar refractivity (Wildman–Crippen MR) is 105 cm³/mol. The Balaban J connectivity index is 1.86. The van der Waals surface area contributed by atoms with Gasteiger partial charge in [-0.05, 0) is 37.8 Å². The molecule has 0 bridgehead atoms. The van der Waals surface area contributed by atoms with E-state index in [1.165, 1.54) is 24.1 Å². The fourth-order valence-corrected chi connectivity index (χ4v) is 3.62. The van der Waals surface area contributed by atoms with Crippen molar-refractivity contribution in [2.24, 2.45) is 0 Å². The van der Waals surface area contributed by atoms with E-state index in [-0.39, 0.29) is 5.91 Å². The SMILES string of the molecule is CCCCNC1CCc2c(c(C(=O)N(C)C)nn2Cc2ccccc2)C1. The Bertz CT molecular complexity index is 736. The number of nitrogens with one attached hydrogen (secondary N) is 1. The Kier molecular flexibility index (Phi) is 6.09. The maximum atomic E-state index is 12.7. The van der Waals surface area contributed by atoms with Crippen LogP contribution in [-0.2, 0) is 19.4 Å². The first-order chi connectivity index (χ1) is 12.6. The van der Waals surface area contributed by atoms with Crippen molar-refractivity contribution in [3.05, 3.63) is 52.8 Å². The highest BCUT2D eigenvalue weighted by molar-refractivity contribution is 5.93. The van der Waals surface area contributed by atoms with E-state index in [0.29, 0.717) is 11.7 Å². The highest BCUT2D eigenvalue weighted by Gasteiger charge is 2.29. The second-order valence-electron chi connectivity index (χ2n) is 7.36. The summed E-state index contributed by atoms with van der Waals surface area (Å²) in [6, 6.07) is 10.8. The van der Waals surface area contributed by atoms with Crippen molar-refractivity contribution in [2.75, 3.05) is 20.6 Å². The lowest BCUT2D eigenvalue weighted by atomic mass is 9.91. The summed E-state index contributed by atoms with van der Waals surface area (Å²) in [5.41, 5.74) is 4.21. The third-order valence-corrected chi connectivity index (χ3v) is 5.09. The lowest BCUT2D eigenvalue weighted by molar-refractivity contribution is 0.0820. The molecule has 1 aliphatic rings. The molecule has 0 fully saturated rings. The molecule has 0 saturated heterocycles. The van der Waals surface area contributed by atoms with E-state index in [9.17, 15) is 4.79 Å². The molecular weight excluding hydrogens is 324 g/mol. The van der Waals surface area contributed by atoms with E-state index >= 15 is 0 Å². The fourth-order valence-electron chi connectivity index (χ4n) is 3.62. The molecule has 0 aliphatic heterocycles. The number of carbonyl (C=O) groups excluding carboxylic acids is 1. The van der Waals surface area contributed by atoms with Gasteiger partial charge in [-0.1, -0.05) is 43.7 Å². The molecule has 3 rings (SSSR count). The number of amides is 1. The average molecular weight is 354 g/mol. The van der Waals surface area contributed by atoms with E-state index in [2.05, 4.69) is 24.4 Å². The van der Waals surface area contributed by atoms with Gasteiger partial charge >= 0.3 is 0 Å². The molecule has 0 spiro atoms. The van der Waals surface area contributed by atoms with E-state index in [1.807, 2.05) is 22.9 Å². The monoisotopic (exact) mass is 354 g/mol. The molecule has 1 aromatic heterocycles. The maximum Gasteiger partial charge on any atom is 0.274 e. The Labute approximate surface area is 156 Å². The third-order valence-electron chi connectivity index (χ3n) is 5.09. The molecule has 1 atom stereocenters. The first kappa shape index (κ1) is 18.6. The Hall–Kier alpha value is -2.14. The van der Waals surface area contributed by atoms with Crippen molar-refractivity contribution in [3.8, 4) is 0 Å². The van der Waals surface area contributed by atoms with Gasteiger partial charge in [-0.2, -0.15) is 5.10 Å². The minimum Gasteiger partial charge on any atom is -0.343 e. The van der Waals surface area contributed by atoms with Crippen molar-refractivity contribution in [3.63, 3.8) is 0 Å². The van der Waals surface area contributed by atoms with Crippen molar-refractivity contribution in [2.45, 2.75) is 51.6 Å². The molecule has 1 N–H and O–H groups in total. The summed E-state index contributed by atoms with van der Waals surface area (Å²) in [4.78, 5) is 14.3. The van der Waals surface area contributed by atoms with E-state index in [1.54, 1.807) is 19.0 Å². The first-order valence-corrected chi connectivity index (χ1v) is 9.67. The van der Waals surface area contributed by atoms with Gasteiger partial charge < -0.3 is 10.2 Å². The summed E-state index contributed by atoms with van der Waals surface area (Å²) in [5.74, 6) is 0.00210. The van der Waals surface area contributed by atoms with Crippen LogP contribution in [0.15, 0.2) is 30.3 Å². The van der Waals surface area contributed by atoms with Gasteiger partial charge in [0.15, 0.2) is 5.69 Å². The van der Waals surface area contributed by atoms with Crippen LogP contribution in [0.2, 0.25) is 0 Å². The molecule has 26 heavy (non-hydrogen) atoms. The van der Waals surface area contributed by atoms with E-state index in [0.717, 1.165) is 37.9 Å². The molecule has 1 aliphatic carbocycles. The molecule has 140 valence electrons. The van der Waals surface area contributed by atoms with Crippen LogP contribution in [0.1, 0.15) is 53.5 Å². The van der Waals surface area contributed by atoms with E-state index < -0.39 is 0 Å². The lowest BCUT2D eigenvalue weighted by Crippen LogP contribution is -2.36. The van der Waals surface area contributed by atoms with Crippen LogP contribution < -0.4 is 5.32 Å². The Morgan fingerprint density at radius 3 is 2.77 bits per heavy atom. The van der Waals surface area contributed by atoms with Crippen molar-refractivity contribution in [1.29, 1.82) is 0 Å². The second kappa shape index (κ2) is 8.49. The summed E-state index contributed by atoms with van der Waals surface area (Å²) >= 11 is 0. The van der Waals surface area contributed by atoms with Crippen LogP contribution in [0.5, 0.6) is 0 Å². The van der Waals surface area contributed by atoms with Crippen LogP contribution in [0, 0.1) is 0 Å². The minimum absolute atomic E-state index is 0.00210. The quantitative estimate of drug-likeness (QED) is 0.778. The van der Waals surface area contributed by atoms with Crippen molar-refractivity contribution >= 4 is 5.91 Å². The van der Waals surface area contributed by atoms with Crippen LogP contribution >= 0.6 is 0 Å². The van der Waals surface area contributed by atoms with Gasteiger partial charge in [0.2, 0.25) is 0 Å². The van der Waals surface area contributed by atoms with Gasteiger partial charge in [0.05, 0.1) is 6.54 Å². The first-order valence-electron chi connectivity index (χ1n) is 9.67. The van der Waals surface area contributed by atoms with E-state index in [4.69, 9.17) is 5.10 Å². The Morgan fingerprint density at radius 1 is 1.31 bits per heavy atom. The van der Waals surface area contributed by atoms with Crippen LogP contribution in [0.25, 0.3) is 0 Å². The molecular formula is C21H30N4O. The third kappa shape index (κ3) is 4.15. The number of unbranched alkanes of at least 4 members (excludes halogenated alkanes) is 1. The van der Waals surface area contributed by atoms with Gasteiger partial charge in [-0.15, -0.1) is 0 Å². The zero-order valence-corrected chi connectivity index (χ0v) is 16.2. The lowest BCUT2D eigenvalue weighted by Gasteiger charge is -2.25. The molecule has 0 saturated carbocycles. The summed E-state index contributed by atoms with van der Waals surface area (Å²) in [5, 5.41) is 8.39. The number of rotatable bonds is 7. The summed E-state index contributed by atoms with van der Waals surface area (Å²) in [6.07, 6.45) is 5.36. The fraction of sp³-hybridized carbons (Fsp3) is 0.524. The molecule has 1 aromatic carbocycles.